The fraction of sp³-hybridized carbons (Fsp3) is 0.0625. The molecule has 23 heavy (non-hydrogen) atoms. The summed E-state index contributed by atoms with van der Waals surface area (Å²) in [6, 6.07) is 8.18. The molecule has 0 unspecified atom stereocenters. The van der Waals surface area contributed by atoms with Crippen LogP contribution < -0.4 is 5.32 Å². The lowest BCUT2D eigenvalue weighted by atomic mass is 10.1. The third-order valence-electron chi connectivity index (χ3n) is 3.25. The number of carboxylic acid groups (broad SMARTS) is 1. The zero-order chi connectivity index (χ0) is 16.4. The number of nitrogens with one attached hydrogen (secondary N) is 1. The van der Waals surface area contributed by atoms with Gasteiger partial charge in [0.1, 0.15) is 0 Å². The summed E-state index contributed by atoms with van der Waals surface area (Å²) in [6.45, 7) is 0.250. The Morgan fingerprint density at radius 1 is 1.26 bits per heavy atom. The van der Waals surface area contributed by atoms with E-state index in [-0.39, 0.29) is 18.0 Å². The van der Waals surface area contributed by atoms with Crippen molar-refractivity contribution >= 4 is 44.9 Å². The van der Waals surface area contributed by atoms with Crippen LogP contribution in [0.5, 0.6) is 0 Å². The first kappa shape index (κ1) is 15.5. The number of benzene rings is 1. The number of fused-ring (bicyclic) bond motifs is 1. The quantitative estimate of drug-likeness (QED) is 0.756. The Kier molecular flexibility index (Phi) is 4.27. The summed E-state index contributed by atoms with van der Waals surface area (Å²) in [5.74, 6) is -1.23. The van der Waals surface area contributed by atoms with Crippen LogP contribution in [-0.4, -0.2) is 22.0 Å². The number of pyridine rings is 1. The highest BCUT2D eigenvalue weighted by Crippen LogP contribution is 2.30. The van der Waals surface area contributed by atoms with Crippen molar-refractivity contribution in [2.45, 2.75) is 6.54 Å². The first-order valence-electron chi connectivity index (χ1n) is 6.68. The maximum absolute atomic E-state index is 12.2. The van der Waals surface area contributed by atoms with Gasteiger partial charge in [-0.2, -0.15) is 0 Å². The number of aromatic carboxylic acids is 1. The number of hydrogen-bond acceptors (Lipinski definition) is 4. The summed E-state index contributed by atoms with van der Waals surface area (Å²) in [7, 11) is 0. The molecule has 0 saturated carbocycles. The number of carboxylic acids is 1. The van der Waals surface area contributed by atoms with Gasteiger partial charge in [-0.1, -0.05) is 23.7 Å². The minimum atomic E-state index is -0.996. The molecule has 7 heteroatoms. The lowest BCUT2D eigenvalue weighted by Crippen LogP contribution is -2.21. The fourth-order valence-corrected chi connectivity index (χ4v) is 3.36. The molecule has 0 aliphatic heterocycles. The second-order valence-electron chi connectivity index (χ2n) is 4.83. The summed E-state index contributed by atoms with van der Waals surface area (Å²) in [5, 5.41) is 13.0. The molecular weight excluding hydrogens is 336 g/mol. The number of nitrogens with zero attached hydrogens (tertiary/aromatic N) is 1. The number of carbonyl (C=O) groups excluding carboxylic acids is 1. The predicted octanol–water partition coefficient (Wildman–Crippen LogP) is 3.58. The van der Waals surface area contributed by atoms with Crippen molar-refractivity contribution in [1.82, 2.24) is 10.3 Å². The van der Waals surface area contributed by atoms with Gasteiger partial charge in [-0.15, -0.1) is 11.3 Å². The second kappa shape index (κ2) is 6.36. The number of halogens is 1. The molecule has 0 radical (unpaired) electrons. The van der Waals surface area contributed by atoms with E-state index in [2.05, 4.69) is 10.3 Å². The normalized spacial score (nSPS) is 10.7. The number of rotatable bonds is 4. The number of carbonyl (C=O) groups is 2. The minimum absolute atomic E-state index is 0.191. The molecule has 1 aromatic carbocycles. The Labute approximate surface area is 140 Å². The molecule has 0 bridgehead atoms. The van der Waals surface area contributed by atoms with Crippen molar-refractivity contribution in [3.63, 3.8) is 0 Å². The van der Waals surface area contributed by atoms with E-state index in [4.69, 9.17) is 16.7 Å². The van der Waals surface area contributed by atoms with E-state index in [0.29, 0.717) is 9.90 Å². The SMILES string of the molecule is O=C(O)c1cccc(CNC(=O)c2cc3c(Cl)cncc3s2)c1. The van der Waals surface area contributed by atoms with Crippen molar-refractivity contribution in [1.29, 1.82) is 0 Å². The molecule has 116 valence electrons. The molecule has 0 fully saturated rings. The van der Waals surface area contributed by atoms with Crippen molar-refractivity contribution in [2.24, 2.45) is 0 Å². The van der Waals surface area contributed by atoms with Crippen LogP contribution in [0.2, 0.25) is 5.02 Å². The lowest BCUT2D eigenvalue weighted by Gasteiger charge is -2.04. The first-order chi connectivity index (χ1) is 11.0. The van der Waals surface area contributed by atoms with Crippen molar-refractivity contribution < 1.29 is 14.7 Å². The van der Waals surface area contributed by atoms with Gasteiger partial charge in [0.25, 0.3) is 5.91 Å². The van der Waals surface area contributed by atoms with E-state index in [1.54, 1.807) is 24.4 Å². The Morgan fingerprint density at radius 3 is 2.83 bits per heavy atom. The van der Waals surface area contributed by atoms with Crippen LogP contribution in [0.1, 0.15) is 25.6 Å². The van der Waals surface area contributed by atoms with Crippen molar-refractivity contribution in [2.75, 3.05) is 0 Å². The fourth-order valence-electron chi connectivity index (χ4n) is 2.12. The third kappa shape index (κ3) is 3.33. The standard InChI is InChI=1S/C16H11ClN2O3S/c17-12-7-18-8-14-11(12)5-13(23-14)15(20)19-6-9-2-1-3-10(4-9)16(21)22/h1-5,7-8H,6H2,(H,19,20)(H,21,22). The van der Waals surface area contributed by atoms with Gasteiger partial charge in [-0.25, -0.2) is 4.79 Å². The van der Waals surface area contributed by atoms with Crippen LogP contribution in [-0.2, 0) is 6.54 Å². The van der Waals surface area contributed by atoms with Gasteiger partial charge >= 0.3 is 5.97 Å². The lowest BCUT2D eigenvalue weighted by molar-refractivity contribution is 0.0696. The molecule has 3 aromatic rings. The van der Waals surface area contributed by atoms with E-state index in [9.17, 15) is 9.59 Å². The third-order valence-corrected chi connectivity index (χ3v) is 4.62. The zero-order valence-corrected chi connectivity index (χ0v) is 13.3. The number of aromatic nitrogens is 1. The summed E-state index contributed by atoms with van der Waals surface area (Å²) >= 11 is 7.36. The molecule has 5 nitrogen and oxygen atoms in total. The monoisotopic (exact) mass is 346 g/mol. The van der Waals surface area contributed by atoms with E-state index in [1.807, 2.05) is 0 Å². The largest absolute Gasteiger partial charge is 0.478 e. The van der Waals surface area contributed by atoms with Gasteiger partial charge in [-0.3, -0.25) is 9.78 Å². The van der Waals surface area contributed by atoms with E-state index in [0.717, 1.165) is 15.6 Å². The average molecular weight is 347 g/mol. The first-order valence-corrected chi connectivity index (χ1v) is 7.87. The molecule has 0 aliphatic rings. The summed E-state index contributed by atoms with van der Waals surface area (Å²) in [4.78, 5) is 27.7. The molecule has 1 amide bonds. The van der Waals surface area contributed by atoms with Gasteiger partial charge in [0.15, 0.2) is 0 Å². The Balaban J connectivity index is 1.75. The van der Waals surface area contributed by atoms with E-state index < -0.39 is 5.97 Å². The summed E-state index contributed by atoms with van der Waals surface area (Å²) in [5.41, 5.74) is 0.913. The zero-order valence-electron chi connectivity index (χ0n) is 11.7. The number of hydrogen-bond donors (Lipinski definition) is 2. The smallest absolute Gasteiger partial charge is 0.335 e. The number of thiophene rings is 1. The summed E-state index contributed by atoms with van der Waals surface area (Å²) in [6.07, 6.45) is 3.20. The highest BCUT2D eigenvalue weighted by atomic mass is 35.5. The molecule has 2 aromatic heterocycles. The topological polar surface area (TPSA) is 79.3 Å². The highest BCUT2D eigenvalue weighted by Gasteiger charge is 2.12. The highest BCUT2D eigenvalue weighted by molar-refractivity contribution is 7.20. The van der Waals surface area contributed by atoms with Crippen LogP contribution in [0.15, 0.2) is 42.7 Å². The van der Waals surface area contributed by atoms with Gasteiger partial charge in [-0.05, 0) is 23.8 Å². The molecule has 0 spiro atoms. The van der Waals surface area contributed by atoms with Crippen molar-refractivity contribution in [3.8, 4) is 0 Å². The average Bonchev–Trinajstić information content (AvgIpc) is 2.98. The molecule has 3 rings (SSSR count). The molecule has 0 atom stereocenters. The van der Waals surface area contributed by atoms with Crippen LogP contribution in [0, 0.1) is 0 Å². The molecule has 2 N–H and O–H groups in total. The van der Waals surface area contributed by atoms with Crippen LogP contribution in [0.4, 0.5) is 0 Å². The van der Waals surface area contributed by atoms with Gasteiger partial charge in [0, 0.05) is 24.3 Å². The van der Waals surface area contributed by atoms with Gasteiger partial charge in [0.2, 0.25) is 0 Å². The maximum Gasteiger partial charge on any atom is 0.335 e. The molecular formula is C16H11ClN2O3S. The Hall–Kier alpha value is -2.44. The number of amides is 1. The minimum Gasteiger partial charge on any atom is -0.478 e. The molecule has 2 heterocycles. The van der Waals surface area contributed by atoms with Crippen molar-refractivity contribution in [3.05, 3.63) is 63.8 Å². The van der Waals surface area contributed by atoms with E-state index >= 15 is 0 Å². The van der Waals surface area contributed by atoms with Gasteiger partial charge < -0.3 is 10.4 Å². The second-order valence-corrected chi connectivity index (χ2v) is 6.32. The maximum atomic E-state index is 12.2. The summed E-state index contributed by atoms with van der Waals surface area (Å²) < 4.78 is 0.843. The van der Waals surface area contributed by atoms with Crippen LogP contribution >= 0.6 is 22.9 Å². The molecule has 0 aliphatic carbocycles. The Bertz CT molecular complexity index is 907. The van der Waals surface area contributed by atoms with Crippen LogP contribution in [0.25, 0.3) is 10.1 Å². The molecule has 0 saturated heterocycles. The van der Waals surface area contributed by atoms with Crippen LogP contribution in [0.3, 0.4) is 0 Å². The van der Waals surface area contributed by atoms with E-state index in [1.165, 1.54) is 29.7 Å². The Morgan fingerprint density at radius 2 is 2.09 bits per heavy atom. The predicted molar refractivity (Wildman–Crippen MR) is 89.2 cm³/mol. The van der Waals surface area contributed by atoms with Gasteiger partial charge in [0.05, 0.1) is 20.2 Å².